The van der Waals surface area contributed by atoms with Gasteiger partial charge in [-0.1, -0.05) is 12.1 Å². The fourth-order valence-electron chi connectivity index (χ4n) is 1.06. The predicted molar refractivity (Wildman–Crippen MR) is 52.9 cm³/mol. The highest BCUT2D eigenvalue weighted by molar-refractivity contribution is 7.85. The summed E-state index contributed by atoms with van der Waals surface area (Å²) < 4.78 is 35.3. The molecular formula is C9H11F2NOS. The van der Waals surface area contributed by atoms with Gasteiger partial charge in [-0.05, 0) is 18.6 Å². The first kappa shape index (κ1) is 11.1. The van der Waals surface area contributed by atoms with Gasteiger partial charge in [0.2, 0.25) is 6.43 Å². The van der Waals surface area contributed by atoms with E-state index in [1.807, 2.05) is 0 Å². The molecule has 78 valence electrons. The second-order valence-electron chi connectivity index (χ2n) is 2.89. The number of benzene rings is 1. The number of anilines is 1. The third kappa shape index (κ3) is 2.51. The molecule has 1 rings (SSSR count). The summed E-state index contributed by atoms with van der Waals surface area (Å²) in [5.74, 6) is -0.659. The molecule has 1 aromatic carbocycles. The molecule has 0 heterocycles. The molecule has 5 heteroatoms. The van der Waals surface area contributed by atoms with Crippen LogP contribution >= 0.6 is 0 Å². The Morgan fingerprint density at radius 3 is 2.71 bits per heavy atom. The summed E-state index contributed by atoms with van der Waals surface area (Å²) in [6.45, 7) is 1.75. The largest absolute Gasteiger partial charge is 0.398 e. The van der Waals surface area contributed by atoms with E-state index in [1.54, 1.807) is 19.1 Å². The minimum absolute atomic E-state index is 0.297. The zero-order valence-corrected chi connectivity index (χ0v) is 8.48. The first-order valence-electron chi connectivity index (χ1n) is 4.04. The van der Waals surface area contributed by atoms with Crippen molar-refractivity contribution in [2.75, 3.05) is 11.5 Å². The highest BCUT2D eigenvalue weighted by Crippen LogP contribution is 2.21. The van der Waals surface area contributed by atoms with Crippen LogP contribution in [0.25, 0.3) is 0 Å². The van der Waals surface area contributed by atoms with Crippen LogP contribution in [0.5, 0.6) is 0 Å². The maximum absolute atomic E-state index is 12.0. The average Bonchev–Trinajstić information content (AvgIpc) is 2.08. The molecule has 2 N–H and O–H groups in total. The summed E-state index contributed by atoms with van der Waals surface area (Å²) >= 11 is 0. The van der Waals surface area contributed by atoms with Gasteiger partial charge < -0.3 is 5.73 Å². The van der Waals surface area contributed by atoms with Crippen LogP contribution in [0.2, 0.25) is 0 Å². The molecule has 2 nitrogen and oxygen atoms in total. The highest BCUT2D eigenvalue weighted by Gasteiger charge is 2.14. The molecule has 1 aromatic rings. The molecule has 0 fully saturated rings. The molecule has 0 bridgehead atoms. The Morgan fingerprint density at radius 2 is 2.14 bits per heavy atom. The Balaban J connectivity index is 2.96. The van der Waals surface area contributed by atoms with Gasteiger partial charge in [0.1, 0.15) is 0 Å². The Hall–Kier alpha value is -0.970. The lowest BCUT2D eigenvalue weighted by atomic mass is 10.2. The molecule has 0 saturated carbocycles. The van der Waals surface area contributed by atoms with Crippen molar-refractivity contribution in [1.29, 1.82) is 0 Å². The number of aryl methyl sites for hydroxylation is 1. The summed E-state index contributed by atoms with van der Waals surface area (Å²) in [4.78, 5) is 0.297. The van der Waals surface area contributed by atoms with E-state index in [0.29, 0.717) is 10.6 Å². The fourth-order valence-corrected chi connectivity index (χ4v) is 2.10. The lowest BCUT2D eigenvalue weighted by Crippen LogP contribution is -2.09. The highest BCUT2D eigenvalue weighted by atomic mass is 32.2. The first-order valence-corrected chi connectivity index (χ1v) is 5.36. The Bertz CT molecular complexity index is 355. The number of nitrogen functional groups attached to an aromatic ring is 1. The predicted octanol–water partition coefficient (Wildman–Crippen LogP) is 1.95. The maximum atomic E-state index is 12.0. The molecule has 1 unspecified atom stereocenters. The molecule has 0 radical (unpaired) electrons. The first-order chi connectivity index (χ1) is 6.52. The van der Waals surface area contributed by atoms with Crippen LogP contribution < -0.4 is 5.73 Å². The van der Waals surface area contributed by atoms with Gasteiger partial charge >= 0.3 is 0 Å². The summed E-state index contributed by atoms with van der Waals surface area (Å²) in [6, 6.07) is 4.92. The van der Waals surface area contributed by atoms with Gasteiger partial charge in [-0.15, -0.1) is 0 Å². The van der Waals surface area contributed by atoms with Crippen molar-refractivity contribution < 1.29 is 13.0 Å². The van der Waals surface area contributed by atoms with Crippen LogP contribution in [0.15, 0.2) is 23.1 Å². The van der Waals surface area contributed by atoms with Crippen molar-refractivity contribution in [2.45, 2.75) is 18.2 Å². The van der Waals surface area contributed by atoms with Crippen LogP contribution in [0.3, 0.4) is 0 Å². The summed E-state index contributed by atoms with van der Waals surface area (Å²) in [6.07, 6.45) is -2.57. The molecular weight excluding hydrogens is 208 g/mol. The van der Waals surface area contributed by atoms with E-state index in [0.717, 1.165) is 5.56 Å². The van der Waals surface area contributed by atoms with Crippen LogP contribution in [0, 0.1) is 6.92 Å². The van der Waals surface area contributed by atoms with E-state index in [4.69, 9.17) is 5.73 Å². The van der Waals surface area contributed by atoms with Crippen molar-refractivity contribution in [3.63, 3.8) is 0 Å². The number of alkyl halides is 2. The van der Waals surface area contributed by atoms with Gasteiger partial charge in [0.05, 0.1) is 27.1 Å². The van der Waals surface area contributed by atoms with Crippen molar-refractivity contribution in [3.05, 3.63) is 23.8 Å². The van der Waals surface area contributed by atoms with Gasteiger partial charge in [0.25, 0.3) is 0 Å². The van der Waals surface area contributed by atoms with Crippen molar-refractivity contribution in [2.24, 2.45) is 0 Å². The third-order valence-electron chi connectivity index (χ3n) is 1.81. The minimum Gasteiger partial charge on any atom is -0.398 e. The monoisotopic (exact) mass is 219 g/mol. The lowest BCUT2D eigenvalue weighted by Gasteiger charge is -2.07. The summed E-state index contributed by atoms with van der Waals surface area (Å²) in [5.41, 5.74) is 6.72. The van der Waals surface area contributed by atoms with Crippen LogP contribution in [-0.2, 0) is 10.8 Å². The average molecular weight is 219 g/mol. The second-order valence-corrected chi connectivity index (χ2v) is 4.35. The lowest BCUT2D eigenvalue weighted by molar-refractivity contribution is 0.175. The molecule has 1 atom stereocenters. The van der Waals surface area contributed by atoms with E-state index in [-0.39, 0.29) is 0 Å². The van der Waals surface area contributed by atoms with E-state index < -0.39 is 23.0 Å². The number of para-hydroxylation sites is 1. The zero-order valence-electron chi connectivity index (χ0n) is 7.67. The number of hydrogen-bond acceptors (Lipinski definition) is 2. The van der Waals surface area contributed by atoms with E-state index >= 15 is 0 Å². The standard InChI is InChI=1S/C9H11F2NOS/c1-6-3-2-4-7(9(6)12)14(13)5-8(10)11/h2-4,8H,5,12H2,1H3. The van der Waals surface area contributed by atoms with E-state index in [2.05, 4.69) is 0 Å². The van der Waals surface area contributed by atoms with Gasteiger partial charge in [-0.2, -0.15) is 0 Å². The molecule has 0 amide bonds. The quantitative estimate of drug-likeness (QED) is 0.789. The van der Waals surface area contributed by atoms with E-state index in [1.165, 1.54) is 6.07 Å². The number of nitrogens with two attached hydrogens (primary N) is 1. The Morgan fingerprint density at radius 1 is 1.50 bits per heavy atom. The Labute approximate surface area is 83.6 Å². The smallest absolute Gasteiger partial charge is 0.250 e. The van der Waals surface area contributed by atoms with Crippen molar-refractivity contribution in [1.82, 2.24) is 0 Å². The van der Waals surface area contributed by atoms with Gasteiger partial charge in [-0.3, -0.25) is 4.21 Å². The number of rotatable bonds is 3. The maximum Gasteiger partial charge on any atom is 0.250 e. The summed E-state index contributed by atoms with van der Waals surface area (Å²) in [7, 11) is -1.71. The number of hydrogen-bond donors (Lipinski definition) is 1. The van der Waals surface area contributed by atoms with Crippen LogP contribution in [0.1, 0.15) is 5.56 Å². The Kier molecular flexibility index (Phi) is 3.57. The van der Waals surface area contributed by atoms with E-state index in [9.17, 15) is 13.0 Å². The van der Waals surface area contributed by atoms with Crippen molar-refractivity contribution in [3.8, 4) is 0 Å². The fraction of sp³-hybridized carbons (Fsp3) is 0.333. The number of halogens is 2. The van der Waals surface area contributed by atoms with Crippen LogP contribution in [-0.4, -0.2) is 16.4 Å². The summed E-state index contributed by atoms with van der Waals surface area (Å²) in [5, 5.41) is 0. The zero-order chi connectivity index (χ0) is 10.7. The third-order valence-corrected chi connectivity index (χ3v) is 3.21. The molecule has 14 heavy (non-hydrogen) atoms. The second kappa shape index (κ2) is 4.50. The molecule has 0 aliphatic heterocycles. The minimum atomic E-state index is -2.57. The SMILES string of the molecule is Cc1cccc(S(=O)CC(F)F)c1N. The molecule has 0 saturated heterocycles. The molecule has 0 spiro atoms. The van der Waals surface area contributed by atoms with Crippen molar-refractivity contribution >= 4 is 16.5 Å². The molecule has 0 aliphatic carbocycles. The normalized spacial score (nSPS) is 13.1. The van der Waals surface area contributed by atoms with Crippen LogP contribution in [0.4, 0.5) is 14.5 Å². The molecule has 0 aliphatic rings. The van der Waals surface area contributed by atoms with Gasteiger partial charge in [-0.25, -0.2) is 8.78 Å². The van der Waals surface area contributed by atoms with Gasteiger partial charge in [0, 0.05) is 0 Å². The molecule has 0 aromatic heterocycles. The van der Waals surface area contributed by atoms with Gasteiger partial charge in [0.15, 0.2) is 0 Å². The topological polar surface area (TPSA) is 43.1 Å².